The average Bonchev–Trinajstić information content (AvgIpc) is 3.76. The SMILES string of the molecule is CCn1c(=O)c2c(c3cc(Nc4nc(N5CC6CCC(C5)N6C(C)=O)ncc4Cl)ccc31)N[C@@H](C1CC1)C(F)(F)CO2. The van der Waals surface area contributed by atoms with Crippen LogP contribution in [0.1, 0.15) is 39.5 Å². The molecule has 5 heterocycles. The van der Waals surface area contributed by atoms with Crippen LogP contribution < -0.4 is 25.8 Å². The Labute approximate surface area is 246 Å². The summed E-state index contributed by atoms with van der Waals surface area (Å²) in [5.74, 6) is -2.39. The first-order valence-electron chi connectivity index (χ1n) is 14.5. The summed E-state index contributed by atoms with van der Waals surface area (Å²) in [5, 5.41) is 7.19. The van der Waals surface area contributed by atoms with E-state index in [0.717, 1.165) is 12.8 Å². The number of fused-ring (bicyclic) bond motifs is 5. The number of benzene rings is 1. The molecule has 1 aromatic carbocycles. The highest BCUT2D eigenvalue weighted by atomic mass is 35.5. The van der Waals surface area contributed by atoms with Gasteiger partial charge in [0, 0.05) is 49.7 Å². The number of pyridine rings is 1. The molecule has 7 rings (SSSR count). The third-order valence-electron chi connectivity index (χ3n) is 8.92. The number of carbonyl (C=O) groups is 1. The van der Waals surface area contributed by atoms with E-state index in [-0.39, 0.29) is 35.3 Å². The van der Waals surface area contributed by atoms with Crippen molar-refractivity contribution in [3.05, 3.63) is 39.8 Å². The highest BCUT2D eigenvalue weighted by Crippen LogP contribution is 2.46. The van der Waals surface area contributed by atoms with Crippen LogP contribution in [0.2, 0.25) is 5.02 Å². The maximum Gasteiger partial charge on any atom is 0.301 e. The van der Waals surface area contributed by atoms with Crippen molar-refractivity contribution in [2.75, 3.05) is 35.2 Å². The van der Waals surface area contributed by atoms with Gasteiger partial charge in [-0.15, -0.1) is 0 Å². The number of anilines is 4. The normalized spacial score (nSPS) is 24.5. The van der Waals surface area contributed by atoms with E-state index in [1.807, 2.05) is 11.8 Å². The smallest absolute Gasteiger partial charge is 0.301 e. The van der Waals surface area contributed by atoms with Gasteiger partial charge in [0.15, 0.2) is 12.4 Å². The van der Waals surface area contributed by atoms with Crippen molar-refractivity contribution in [3.8, 4) is 5.75 Å². The molecule has 222 valence electrons. The van der Waals surface area contributed by atoms with Crippen molar-refractivity contribution in [2.24, 2.45) is 5.92 Å². The fraction of sp³-hybridized carbons (Fsp3) is 0.517. The molecule has 3 fully saturated rings. The molecule has 1 aliphatic carbocycles. The van der Waals surface area contributed by atoms with E-state index in [9.17, 15) is 9.59 Å². The molecule has 4 aliphatic rings. The Morgan fingerprint density at radius 1 is 1.21 bits per heavy atom. The number of ether oxygens (including phenoxy) is 1. The first kappa shape index (κ1) is 27.2. The van der Waals surface area contributed by atoms with Crippen LogP contribution in [0.3, 0.4) is 0 Å². The molecule has 2 N–H and O–H groups in total. The molecule has 3 aromatic rings. The summed E-state index contributed by atoms with van der Waals surface area (Å²) < 4.78 is 37.2. The topological polar surface area (TPSA) is 105 Å². The number of nitrogens with zero attached hydrogens (tertiary/aromatic N) is 5. The Morgan fingerprint density at radius 3 is 2.62 bits per heavy atom. The minimum Gasteiger partial charge on any atom is -0.480 e. The van der Waals surface area contributed by atoms with Crippen molar-refractivity contribution < 1.29 is 18.3 Å². The Balaban J connectivity index is 1.24. The first-order valence-corrected chi connectivity index (χ1v) is 14.8. The third-order valence-corrected chi connectivity index (χ3v) is 9.20. The summed E-state index contributed by atoms with van der Waals surface area (Å²) in [6.07, 6.45) is 4.87. The number of aryl methyl sites for hydroxylation is 1. The first-order chi connectivity index (χ1) is 20.1. The van der Waals surface area contributed by atoms with Crippen LogP contribution in [-0.4, -0.2) is 69.1 Å². The molecule has 0 radical (unpaired) electrons. The lowest BCUT2D eigenvalue weighted by Gasteiger charge is -2.40. The van der Waals surface area contributed by atoms with Crippen LogP contribution in [0.5, 0.6) is 5.75 Å². The summed E-state index contributed by atoms with van der Waals surface area (Å²) >= 11 is 6.52. The van der Waals surface area contributed by atoms with Crippen molar-refractivity contribution >= 4 is 51.6 Å². The summed E-state index contributed by atoms with van der Waals surface area (Å²) in [5.41, 5.74) is 1.06. The predicted octanol–water partition coefficient (Wildman–Crippen LogP) is 4.63. The molecule has 2 aromatic heterocycles. The summed E-state index contributed by atoms with van der Waals surface area (Å²) in [7, 11) is 0. The summed E-state index contributed by atoms with van der Waals surface area (Å²) in [6.45, 7) is 4.23. The Bertz CT molecular complexity index is 1630. The quantitative estimate of drug-likeness (QED) is 0.438. The molecule has 42 heavy (non-hydrogen) atoms. The third kappa shape index (κ3) is 4.50. The lowest BCUT2D eigenvalue weighted by atomic mass is 10.0. The summed E-state index contributed by atoms with van der Waals surface area (Å²) in [4.78, 5) is 38.7. The second-order valence-electron chi connectivity index (χ2n) is 11.7. The minimum atomic E-state index is -3.12. The Kier molecular flexibility index (Phi) is 6.45. The fourth-order valence-corrected chi connectivity index (χ4v) is 6.97. The Morgan fingerprint density at radius 2 is 1.95 bits per heavy atom. The van der Waals surface area contributed by atoms with Crippen molar-refractivity contribution in [1.82, 2.24) is 19.4 Å². The van der Waals surface area contributed by atoms with E-state index in [0.29, 0.717) is 65.9 Å². The van der Waals surface area contributed by atoms with E-state index in [1.165, 1.54) is 4.57 Å². The van der Waals surface area contributed by atoms with E-state index in [1.54, 1.807) is 31.3 Å². The zero-order chi connectivity index (χ0) is 29.3. The molecule has 1 amide bonds. The van der Waals surface area contributed by atoms with Gasteiger partial charge >= 0.3 is 5.92 Å². The molecule has 3 atom stereocenters. The number of amides is 1. The largest absolute Gasteiger partial charge is 0.480 e. The van der Waals surface area contributed by atoms with Crippen LogP contribution in [0, 0.1) is 5.92 Å². The van der Waals surface area contributed by atoms with Gasteiger partial charge in [0.25, 0.3) is 5.56 Å². The number of hydrogen-bond acceptors (Lipinski definition) is 8. The number of halogens is 3. The molecule has 2 bridgehead atoms. The van der Waals surface area contributed by atoms with Crippen molar-refractivity contribution in [1.29, 1.82) is 0 Å². The number of aromatic nitrogens is 3. The molecule has 0 spiro atoms. The van der Waals surface area contributed by atoms with E-state index in [4.69, 9.17) is 21.3 Å². The molecule has 1 saturated carbocycles. The van der Waals surface area contributed by atoms with Crippen LogP contribution in [0.4, 0.5) is 31.9 Å². The molecule has 2 unspecified atom stereocenters. The maximum absolute atomic E-state index is 15.1. The average molecular weight is 600 g/mol. The number of piperazine rings is 1. The highest BCUT2D eigenvalue weighted by Gasteiger charge is 2.51. The van der Waals surface area contributed by atoms with Crippen LogP contribution in [0.25, 0.3) is 10.9 Å². The van der Waals surface area contributed by atoms with Gasteiger partial charge in [-0.05, 0) is 56.7 Å². The molecule has 13 heteroatoms. The number of nitrogens with one attached hydrogen (secondary N) is 2. The predicted molar refractivity (Wildman–Crippen MR) is 156 cm³/mol. The number of hydrogen-bond donors (Lipinski definition) is 2. The lowest BCUT2D eigenvalue weighted by Crippen LogP contribution is -2.55. The number of carbonyl (C=O) groups excluding carboxylic acids is 1. The zero-order valence-corrected chi connectivity index (χ0v) is 24.1. The summed E-state index contributed by atoms with van der Waals surface area (Å²) in [6, 6.07) is 4.53. The van der Waals surface area contributed by atoms with Gasteiger partial charge in [-0.25, -0.2) is 13.8 Å². The van der Waals surface area contributed by atoms with Gasteiger partial charge in [-0.3, -0.25) is 9.59 Å². The number of rotatable bonds is 5. The van der Waals surface area contributed by atoms with Gasteiger partial charge < -0.3 is 29.7 Å². The van der Waals surface area contributed by atoms with Gasteiger partial charge in [0.05, 0.1) is 23.4 Å². The number of alkyl halides is 2. The van der Waals surface area contributed by atoms with E-state index >= 15 is 8.78 Å². The van der Waals surface area contributed by atoms with Gasteiger partial charge in [-0.2, -0.15) is 4.98 Å². The molecular formula is C29H32ClF2N7O3. The van der Waals surface area contributed by atoms with Crippen molar-refractivity contribution in [2.45, 2.75) is 70.1 Å². The van der Waals surface area contributed by atoms with Crippen LogP contribution in [0.15, 0.2) is 29.2 Å². The van der Waals surface area contributed by atoms with Crippen molar-refractivity contribution in [3.63, 3.8) is 0 Å². The highest BCUT2D eigenvalue weighted by molar-refractivity contribution is 6.33. The van der Waals surface area contributed by atoms with Gasteiger partial charge in [-0.1, -0.05) is 11.6 Å². The minimum absolute atomic E-state index is 0.0917. The van der Waals surface area contributed by atoms with Crippen LogP contribution in [-0.2, 0) is 11.3 Å². The lowest BCUT2D eigenvalue weighted by molar-refractivity contribution is -0.132. The van der Waals surface area contributed by atoms with Gasteiger partial charge in [0.2, 0.25) is 17.6 Å². The van der Waals surface area contributed by atoms with Gasteiger partial charge in [0.1, 0.15) is 5.02 Å². The molecule has 10 nitrogen and oxygen atoms in total. The molecule has 3 aliphatic heterocycles. The molecular weight excluding hydrogens is 568 g/mol. The second kappa shape index (κ2) is 9.96. The standard InChI is InChI=1S/C29H32ClF2N7O3/c1-3-38-22-9-6-17(10-20(22)23-24(27(38)41)42-14-29(31,32)25(35-23)16-4-5-16)34-26-21(30)11-33-28(36-26)37-12-18-7-8-19(13-37)39(18)15(2)40/h6,9-11,16,18-19,25,35H,3-5,7-8,12-14H2,1-2H3,(H,33,34,36)/t18?,19?,25-/m0/s1. The monoisotopic (exact) mass is 599 g/mol. The second-order valence-corrected chi connectivity index (χ2v) is 12.1. The maximum atomic E-state index is 15.1. The van der Waals surface area contributed by atoms with E-state index in [2.05, 4.69) is 20.5 Å². The molecule has 2 saturated heterocycles. The van der Waals surface area contributed by atoms with Crippen LogP contribution >= 0.6 is 11.6 Å². The Hall–Kier alpha value is -3.67. The fourth-order valence-electron chi connectivity index (χ4n) is 6.83. The van der Waals surface area contributed by atoms with E-state index < -0.39 is 24.1 Å². The zero-order valence-electron chi connectivity index (χ0n) is 23.4.